The van der Waals surface area contributed by atoms with Crippen LogP contribution >= 0.6 is 0 Å². The summed E-state index contributed by atoms with van der Waals surface area (Å²) in [4.78, 5) is -0.0844. The van der Waals surface area contributed by atoms with Crippen LogP contribution < -0.4 is 5.73 Å². The molecule has 0 saturated heterocycles. The van der Waals surface area contributed by atoms with Gasteiger partial charge in [0.05, 0.1) is 4.90 Å². The molecule has 0 unspecified atom stereocenters. The number of ether oxygens (including phenoxy) is 1. The number of nitrogens with two attached hydrogens (primary N) is 1. The summed E-state index contributed by atoms with van der Waals surface area (Å²) >= 11 is 0. The lowest BCUT2D eigenvalue weighted by atomic mass is 10.2. The Hall–Kier alpha value is -1.28. The fraction of sp³-hybridized carbons (Fsp3) is 0.400. The van der Waals surface area contributed by atoms with Gasteiger partial charge in [0.1, 0.15) is 6.61 Å². The molecule has 0 radical (unpaired) electrons. The standard InChI is InChI=1S/C10H12F3NO3S/c1-7-4-8(14)2-3-9(7)18(15,16)6-17-5-10(11,12)13/h2-4H,5-6,14H2,1H3. The molecule has 0 atom stereocenters. The predicted octanol–water partition coefficient (Wildman–Crippen LogP) is 1.89. The molecule has 0 spiro atoms. The normalized spacial score (nSPS) is 12.7. The molecule has 1 aromatic rings. The second kappa shape index (κ2) is 5.15. The molecule has 0 aliphatic carbocycles. The Morgan fingerprint density at radius 1 is 1.33 bits per heavy atom. The summed E-state index contributed by atoms with van der Waals surface area (Å²) in [5.41, 5.74) is 6.20. The minimum atomic E-state index is -4.55. The first-order chi connectivity index (χ1) is 8.12. The number of alkyl halides is 3. The molecule has 0 fully saturated rings. The first-order valence-electron chi connectivity index (χ1n) is 4.85. The minimum Gasteiger partial charge on any atom is -0.399 e. The SMILES string of the molecule is Cc1cc(N)ccc1S(=O)(=O)COCC(F)(F)F. The maximum atomic E-state index is 11.8. The molecule has 0 heterocycles. The number of nitrogen functional groups attached to an aromatic ring is 1. The highest BCUT2D eigenvalue weighted by Crippen LogP contribution is 2.20. The van der Waals surface area contributed by atoms with Gasteiger partial charge < -0.3 is 10.5 Å². The number of hydrogen-bond donors (Lipinski definition) is 1. The third-order valence-corrected chi connectivity index (χ3v) is 3.64. The van der Waals surface area contributed by atoms with Crippen LogP contribution in [0.3, 0.4) is 0 Å². The Morgan fingerprint density at radius 2 is 1.94 bits per heavy atom. The number of rotatable bonds is 4. The summed E-state index contributed by atoms with van der Waals surface area (Å²) in [6.45, 7) is -0.0900. The summed E-state index contributed by atoms with van der Waals surface area (Å²) in [7, 11) is -3.91. The molecule has 0 saturated carbocycles. The first kappa shape index (κ1) is 14.8. The van der Waals surface area contributed by atoms with Crippen LogP contribution in [0.1, 0.15) is 5.56 Å². The Bertz CT molecular complexity index is 526. The van der Waals surface area contributed by atoms with Crippen molar-refractivity contribution in [2.75, 3.05) is 18.3 Å². The minimum absolute atomic E-state index is 0.0844. The van der Waals surface area contributed by atoms with Crippen molar-refractivity contribution >= 4 is 15.5 Å². The number of sulfone groups is 1. The van der Waals surface area contributed by atoms with Crippen LogP contribution in [-0.2, 0) is 14.6 Å². The van der Waals surface area contributed by atoms with E-state index in [0.29, 0.717) is 11.3 Å². The van der Waals surface area contributed by atoms with E-state index in [-0.39, 0.29) is 4.90 Å². The summed E-state index contributed by atoms with van der Waals surface area (Å²) in [5.74, 6) is -1.02. The quantitative estimate of drug-likeness (QED) is 0.857. The summed E-state index contributed by atoms with van der Waals surface area (Å²) in [6, 6.07) is 4.04. The molecular formula is C10H12F3NO3S. The van der Waals surface area contributed by atoms with Crippen molar-refractivity contribution in [3.05, 3.63) is 23.8 Å². The van der Waals surface area contributed by atoms with Crippen molar-refractivity contribution < 1.29 is 26.3 Å². The molecule has 4 nitrogen and oxygen atoms in total. The lowest BCUT2D eigenvalue weighted by molar-refractivity contribution is -0.169. The van der Waals surface area contributed by atoms with Gasteiger partial charge in [0.2, 0.25) is 9.84 Å². The average Bonchev–Trinajstić information content (AvgIpc) is 2.13. The number of aryl methyl sites for hydroxylation is 1. The fourth-order valence-electron chi connectivity index (χ4n) is 1.35. The Balaban J connectivity index is 2.81. The number of benzene rings is 1. The van der Waals surface area contributed by atoms with Gasteiger partial charge in [0.15, 0.2) is 5.94 Å². The number of hydrogen-bond acceptors (Lipinski definition) is 4. The van der Waals surface area contributed by atoms with Gasteiger partial charge in [-0.15, -0.1) is 0 Å². The van der Waals surface area contributed by atoms with E-state index in [1.165, 1.54) is 25.1 Å². The number of anilines is 1. The van der Waals surface area contributed by atoms with Gasteiger partial charge in [-0.05, 0) is 30.7 Å². The molecule has 8 heteroatoms. The van der Waals surface area contributed by atoms with E-state index in [4.69, 9.17) is 5.73 Å². The molecule has 0 amide bonds. The largest absolute Gasteiger partial charge is 0.411 e. The highest BCUT2D eigenvalue weighted by Gasteiger charge is 2.29. The molecule has 2 N–H and O–H groups in total. The third-order valence-electron chi connectivity index (χ3n) is 2.04. The lowest BCUT2D eigenvalue weighted by Gasteiger charge is -2.10. The van der Waals surface area contributed by atoms with Gasteiger partial charge in [-0.3, -0.25) is 0 Å². The van der Waals surface area contributed by atoms with Crippen molar-refractivity contribution in [1.29, 1.82) is 0 Å². The van der Waals surface area contributed by atoms with Crippen LogP contribution in [0.5, 0.6) is 0 Å². The van der Waals surface area contributed by atoms with E-state index in [1.807, 2.05) is 0 Å². The maximum Gasteiger partial charge on any atom is 0.411 e. The maximum absolute atomic E-state index is 11.8. The molecule has 1 rings (SSSR count). The lowest BCUT2D eigenvalue weighted by Crippen LogP contribution is -2.21. The summed E-state index contributed by atoms with van der Waals surface area (Å²) in [5, 5.41) is 0. The highest BCUT2D eigenvalue weighted by molar-refractivity contribution is 7.91. The van der Waals surface area contributed by atoms with Crippen LogP contribution in [-0.4, -0.2) is 27.1 Å². The van der Waals surface area contributed by atoms with Crippen LogP contribution in [0, 0.1) is 6.92 Å². The smallest absolute Gasteiger partial charge is 0.399 e. The van der Waals surface area contributed by atoms with Crippen LogP contribution in [0.25, 0.3) is 0 Å². The first-order valence-corrected chi connectivity index (χ1v) is 6.50. The Morgan fingerprint density at radius 3 is 2.44 bits per heavy atom. The van der Waals surface area contributed by atoms with Crippen LogP contribution in [0.4, 0.5) is 18.9 Å². The van der Waals surface area contributed by atoms with Gasteiger partial charge in [-0.25, -0.2) is 8.42 Å². The van der Waals surface area contributed by atoms with E-state index in [0.717, 1.165) is 0 Å². The van der Waals surface area contributed by atoms with Gasteiger partial charge in [-0.1, -0.05) is 0 Å². The average molecular weight is 283 g/mol. The zero-order chi connectivity index (χ0) is 14.0. The zero-order valence-corrected chi connectivity index (χ0v) is 10.3. The molecule has 102 valence electrons. The van der Waals surface area contributed by atoms with Crippen molar-refractivity contribution in [3.63, 3.8) is 0 Å². The zero-order valence-electron chi connectivity index (χ0n) is 9.49. The van der Waals surface area contributed by atoms with E-state index in [1.54, 1.807) is 0 Å². The van der Waals surface area contributed by atoms with Gasteiger partial charge in [0.25, 0.3) is 0 Å². The topological polar surface area (TPSA) is 69.4 Å². The van der Waals surface area contributed by atoms with Crippen LogP contribution in [0.2, 0.25) is 0 Å². The third kappa shape index (κ3) is 4.19. The predicted molar refractivity (Wildman–Crippen MR) is 59.7 cm³/mol. The fourth-order valence-corrected chi connectivity index (χ4v) is 2.61. The van der Waals surface area contributed by atoms with Gasteiger partial charge in [0, 0.05) is 5.69 Å². The molecular weight excluding hydrogens is 271 g/mol. The van der Waals surface area contributed by atoms with E-state index in [2.05, 4.69) is 4.74 Å². The van der Waals surface area contributed by atoms with Gasteiger partial charge in [-0.2, -0.15) is 13.2 Å². The molecule has 0 aromatic heterocycles. The molecule has 18 heavy (non-hydrogen) atoms. The van der Waals surface area contributed by atoms with Crippen molar-refractivity contribution in [2.24, 2.45) is 0 Å². The second-order valence-corrected chi connectivity index (χ2v) is 5.63. The Kier molecular flexibility index (Phi) is 4.23. The van der Waals surface area contributed by atoms with E-state index >= 15 is 0 Å². The van der Waals surface area contributed by atoms with Crippen LogP contribution in [0.15, 0.2) is 23.1 Å². The summed E-state index contributed by atoms with van der Waals surface area (Å²) in [6.07, 6.45) is -4.55. The monoisotopic (exact) mass is 283 g/mol. The summed E-state index contributed by atoms with van der Waals surface area (Å²) < 4.78 is 63.1. The second-order valence-electron chi connectivity index (χ2n) is 3.72. The van der Waals surface area contributed by atoms with E-state index < -0.39 is 28.6 Å². The molecule has 0 bridgehead atoms. The Labute approximate surface area is 102 Å². The van der Waals surface area contributed by atoms with Crippen molar-refractivity contribution in [3.8, 4) is 0 Å². The molecule has 1 aromatic carbocycles. The van der Waals surface area contributed by atoms with Crippen molar-refractivity contribution in [1.82, 2.24) is 0 Å². The van der Waals surface area contributed by atoms with Crippen molar-refractivity contribution in [2.45, 2.75) is 18.0 Å². The van der Waals surface area contributed by atoms with E-state index in [9.17, 15) is 21.6 Å². The molecule has 0 aliphatic heterocycles. The van der Waals surface area contributed by atoms with Gasteiger partial charge >= 0.3 is 6.18 Å². The molecule has 0 aliphatic rings. The number of halogens is 3. The highest BCUT2D eigenvalue weighted by atomic mass is 32.2.